The fourth-order valence-electron chi connectivity index (χ4n) is 2.45. The first-order valence-electron chi connectivity index (χ1n) is 7.38. The quantitative estimate of drug-likeness (QED) is 0.844. The van der Waals surface area contributed by atoms with Crippen LogP contribution in [0.3, 0.4) is 0 Å². The van der Waals surface area contributed by atoms with Crippen molar-refractivity contribution in [2.75, 3.05) is 20.8 Å². The lowest BCUT2D eigenvalue weighted by Gasteiger charge is -2.16. The summed E-state index contributed by atoms with van der Waals surface area (Å²) >= 11 is 0. The van der Waals surface area contributed by atoms with E-state index in [1.54, 1.807) is 6.07 Å². The van der Waals surface area contributed by atoms with E-state index < -0.39 is 11.9 Å². The van der Waals surface area contributed by atoms with E-state index in [9.17, 15) is 14.0 Å². The van der Waals surface area contributed by atoms with Crippen LogP contribution < -0.4 is 14.8 Å². The minimum Gasteiger partial charge on any atom is -0.496 e. The molecular formula is C18H18F2N2O2. The smallest absolute Gasteiger partial charge is 0.125 e. The normalized spacial score (nSPS) is 11.6. The van der Waals surface area contributed by atoms with Gasteiger partial charge in [0.15, 0.2) is 0 Å². The van der Waals surface area contributed by atoms with E-state index in [0.29, 0.717) is 35.6 Å². The molecule has 4 nitrogen and oxygen atoms in total. The highest BCUT2D eigenvalue weighted by atomic mass is 19.1. The lowest BCUT2D eigenvalue weighted by atomic mass is 10.1. The molecular weight excluding hydrogens is 314 g/mol. The second-order valence-electron chi connectivity index (χ2n) is 5.11. The lowest BCUT2D eigenvalue weighted by Crippen LogP contribution is -2.23. The Labute approximate surface area is 139 Å². The maximum Gasteiger partial charge on any atom is 0.125 e. The molecule has 0 aliphatic carbocycles. The Morgan fingerprint density at radius 1 is 1.04 bits per heavy atom. The zero-order valence-electron chi connectivity index (χ0n) is 13.5. The van der Waals surface area contributed by atoms with Gasteiger partial charge in [-0.3, -0.25) is 5.32 Å². The van der Waals surface area contributed by atoms with Gasteiger partial charge in [-0.05, 0) is 48.4 Å². The second-order valence-corrected chi connectivity index (χ2v) is 5.11. The Bertz CT molecular complexity index is 744. The van der Waals surface area contributed by atoms with Crippen LogP contribution in [-0.4, -0.2) is 20.8 Å². The number of hydrogen-bond acceptors (Lipinski definition) is 4. The first-order valence-corrected chi connectivity index (χ1v) is 7.38. The summed E-state index contributed by atoms with van der Waals surface area (Å²) in [6.45, 7) is 0.387. The predicted molar refractivity (Wildman–Crippen MR) is 86.0 cm³/mol. The number of methoxy groups -OCH3 is 2. The van der Waals surface area contributed by atoms with Crippen LogP contribution in [-0.2, 0) is 6.42 Å². The predicted octanol–water partition coefficient (Wildman–Crippen LogP) is 3.38. The van der Waals surface area contributed by atoms with Crippen molar-refractivity contribution in [3.8, 4) is 17.6 Å². The van der Waals surface area contributed by atoms with Crippen LogP contribution in [0.4, 0.5) is 8.78 Å². The Balaban J connectivity index is 2.09. The molecule has 6 heteroatoms. The molecule has 0 saturated carbocycles. The van der Waals surface area contributed by atoms with Crippen LogP contribution in [0.15, 0.2) is 36.4 Å². The Hall–Kier alpha value is -2.65. The molecule has 126 valence electrons. The van der Waals surface area contributed by atoms with E-state index in [-0.39, 0.29) is 5.82 Å². The highest BCUT2D eigenvalue weighted by molar-refractivity contribution is 5.39. The molecule has 2 rings (SSSR count). The standard InChI is InChI=1S/C18H18F2N2O2/c1-23-17-5-3-13(19)9-12(17)7-8-22-16(11-21)15-10-14(20)4-6-18(15)24-2/h3-6,9-10,16,22H,7-8H2,1-2H3. The molecule has 0 fully saturated rings. The van der Waals surface area contributed by atoms with Gasteiger partial charge < -0.3 is 9.47 Å². The Morgan fingerprint density at radius 3 is 2.29 bits per heavy atom. The van der Waals surface area contributed by atoms with Gasteiger partial charge in [-0.15, -0.1) is 0 Å². The monoisotopic (exact) mass is 332 g/mol. The summed E-state index contributed by atoms with van der Waals surface area (Å²) in [6, 6.07) is 9.64. The topological polar surface area (TPSA) is 54.3 Å². The number of rotatable bonds is 7. The highest BCUT2D eigenvalue weighted by Crippen LogP contribution is 2.26. The van der Waals surface area contributed by atoms with Gasteiger partial charge in [-0.25, -0.2) is 8.78 Å². The molecule has 0 saturated heterocycles. The van der Waals surface area contributed by atoms with Crippen molar-refractivity contribution in [3.05, 3.63) is 59.2 Å². The number of nitriles is 1. The molecule has 1 unspecified atom stereocenters. The van der Waals surface area contributed by atoms with Gasteiger partial charge in [0.25, 0.3) is 0 Å². The number of halogens is 2. The molecule has 0 spiro atoms. The van der Waals surface area contributed by atoms with Crippen LogP contribution in [0.1, 0.15) is 17.2 Å². The molecule has 1 N–H and O–H groups in total. The Morgan fingerprint density at radius 2 is 1.67 bits per heavy atom. The van der Waals surface area contributed by atoms with E-state index in [1.165, 1.54) is 44.6 Å². The summed E-state index contributed by atoms with van der Waals surface area (Å²) < 4.78 is 37.2. The van der Waals surface area contributed by atoms with Crippen molar-refractivity contribution >= 4 is 0 Å². The third-order valence-electron chi connectivity index (χ3n) is 3.62. The zero-order valence-corrected chi connectivity index (χ0v) is 13.5. The highest BCUT2D eigenvalue weighted by Gasteiger charge is 2.16. The first kappa shape index (κ1) is 17.7. The molecule has 24 heavy (non-hydrogen) atoms. The van der Waals surface area contributed by atoms with Gasteiger partial charge in [0.2, 0.25) is 0 Å². The summed E-state index contributed by atoms with van der Waals surface area (Å²) in [5.74, 6) is 0.211. The molecule has 1 atom stereocenters. The molecule has 0 aliphatic heterocycles. The molecule has 0 heterocycles. The van der Waals surface area contributed by atoms with E-state index >= 15 is 0 Å². The van der Waals surface area contributed by atoms with Gasteiger partial charge in [-0.1, -0.05) is 0 Å². The van der Waals surface area contributed by atoms with E-state index in [1.807, 2.05) is 0 Å². The summed E-state index contributed by atoms with van der Waals surface area (Å²) in [6.07, 6.45) is 0.455. The number of benzene rings is 2. The van der Waals surface area contributed by atoms with Crippen LogP contribution >= 0.6 is 0 Å². The number of ether oxygens (including phenoxy) is 2. The van der Waals surface area contributed by atoms with Crippen LogP contribution in [0.25, 0.3) is 0 Å². The molecule has 0 amide bonds. The summed E-state index contributed by atoms with van der Waals surface area (Å²) in [5, 5.41) is 12.4. The van der Waals surface area contributed by atoms with Crippen LogP contribution in [0, 0.1) is 23.0 Å². The van der Waals surface area contributed by atoms with Gasteiger partial charge in [0, 0.05) is 12.1 Å². The van der Waals surface area contributed by atoms with Crippen molar-refractivity contribution < 1.29 is 18.3 Å². The fraction of sp³-hybridized carbons (Fsp3) is 0.278. The van der Waals surface area contributed by atoms with Crippen molar-refractivity contribution in [3.63, 3.8) is 0 Å². The van der Waals surface area contributed by atoms with Crippen molar-refractivity contribution in [1.82, 2.24) is 5.32 Å². The minimum absolute atomic E-state index is 0.352. The third-order valence-corrected chi connectivity index (χ3v) is 3.62. The van der Waals surface area contributed by atoms with Crippen LogP contribution in [0.2, 0.25) is 0 Å². The molecule has 0 radical (unpaired) electrons. The maximum atomic E-state index is 13.5. The molecule has 0 aliphatic rings. The van der Waals surface area contributed by atoms with Gasteiger partial charge in [0.1, 0.15) is 29.2 Å². The fourth-order valence-corrected chi connectivity index (χ4v) is 2.45. The third kappa shape index (κ3) is 4.21. The molecule has 0 bridgehead atoms. The first-order chi connectivity index (χ1) is 11.6. The number of nitrogens with zero attached hydrogens (tertiary/aromatic N) is 1. The number of nitrogens with one attached hydrogen (secondary N) is 1. The molecule has 2 aromatic rings. The summed E-state index contributed by atoms with van der Waals surface area (Å²) in [5.41, 5.74) is 1.11. The largest absolute Gasteiger partial charge is 0.496 e. The maximum absolute atomic E-state index is 13.5. The zero-order chi connectivity index (χ0) is 17.5. The average molecular weight is 332 g/mol. The van der Waals surface area contributed by atoms with Crippen molar-refractivity contribution in [2.24, 2.45) is 0 Å². The minimum atomic E-state index is -0.741. The van der Waals surface area contributed by atoms with Crippen LogP contribution in [0.5, 0.6) is 11.5 Å². The van der Waals surface area contributed by atoms with Gasteiger partial charge in [-0.2, -0.15) is 5.26 Å². The average Bonchev–Trinajstić information content (AvgIpc) is 2.59. The Kier molecular flexibility index (Phi) is 6.10. The van der Waals surface area contributed by atoms with Gasteiger partial charge in [0.05, 0.1) is 20.3 Å². The van der Waals surface area contributed by atoms with Gasteiger partial charge >= 0.3 is 0 Å². The number of hydrogen-bond donors (Lipinski definition) is 1. The summed E-state index contributed by atoms with van der Waals surface area (Å²) in [7, 11) is 2.97. The summed E-state index contributed by atoms with van der Waals surface area (Å²) in [4.78, 5) is 0. The molecule has 2 aromatic carbocycles. The lowest BCUT2D eigenvalue weighted by molar-refractivity contribution is 0.402. The van der Waals surface area contributed by atoms with E-state index in [0.717, 1.165) is 0 Å². The van der Waals surface area contributed by atoms with E-state index in [2.05, 4.69) is 11.4 Å². The molecule has 0 aromatic heterocycles. The second kappa shape index (κ2) is 8.27. The van der Waals surface area contributed by atoms with Crippen molar-refractivity contribution in [2.45, 2.75) is 12.5 Å². The van der Waals surface area contributed by atoms with Crippen molar-refractivity contribution in [1.29, 1.82) is 5.26 Å². The SMILES string of the molecule is COc1ccc(F)cc1CCNC(C#N)c1cc(F)ccc1OC. The van der Waals surface area contributed by atoms with E-state index in [4.69, 9.17) is 9.47 Å².